The summed E-state index contributed by atoms with van der Waals surface area (Å²) in [5.41, 5.74) is 5.27. The van der Waals surface area contributed by atoms with Crippen molar-refractivity contribution in [2.75, 3.05) is 31.5 Å². The molecule has 3 aromatic heterocycles. The minimum atomic E-state index is -4.48. The average molecular weight is 581 g/mol. The second kappa shape index (κ2) is 10.7. The Bertz CT molecular complexity index is 1580. The molecule has 2 atom stereocenters. The van der Waals surface area contributed by atoms with Gasteiger partial charge in [-0.25, -0.2) is 9.97 Å². The van der Waals surface area contributed by atoms with Crippen LogP contribution in [0.5, 0.6) is 0 Å². The number of pyridine rings is 1. The molecular formula is C30H35F3N8O. The Labute approximate surface area is 242 Å². The second-order valence-corrected chi connectivity index (χ2v) is 12.1. The summed E-state index contributed by atoms with van der Waals surface area (Å²) in [6, 6.07) is 9.97. The summed E-state index contributed by atoms with van der Waals surface area (Å²) in [5, 5.41) is 7.83. The maximum absolute atomic E-state index is 12.6. The Hall–Kier alpha value is -3.93. The van der Waals surface area contributed by atoms with Crippen LogP contribution in [0.1, 0.15) is 45.2 Å². The number of imidazole rings is 1. The predicted molar refractivity (Wildman–Crippen MR) is 154 cm³/mol. The van der Waals surface area contributed by atoms with Crippen LogP contribution in [0.3, 0.4) is 0 Å². The molecule has 4 heterocycles. The summed E-state index contributed by atoms with van der Waals surface area (Å²) in [7, 11) is 0. The SMILES string of the molecule is CC(c1ccnc(Nc2nc3ccc(-c4cnn(CC5CC5(C)C)c4)cc3[nH]2)c1)N1CCN(C(=O)CC(F)(F)F)CC1. The molecule has 0 bridgehead atoms. The molecule has 1 amide bonds. The van der Waals surface area contributed by atoms with Gasteiger partial charge in [0.05, 0.1) is 17.2 Å². The van der Waals surface area contributed by atoms with E-state index in [0.29, 0.717) is 36.2 Å². The molecule has 9 nitrogen and oxygen atoms in total. The van der Waals surface area contributed by atoms with Gasteiger partial charge in [-0.2, -0.15) is 18.3 Å². The Kier molecular flexibility index (Phi) is 7.20. The molecule has 1 aromatic carbocycles. The first-order chi connectivity index (χ1) is 19.9. The number of aromatic amines is 1. The Morgan fingerprint density at radius 1 is 1.14 bits per heavy atom. The summed E-state index contributed by atoms with van der Waals surface area (Å²) >= 11 is 0. The zero-order valence-electron chi connectivity index (χ0n) is 23.9. The van der Waals surface area contributed by atoms with Gasteiger partial charge in [-0.1, -0.05) is 19.9 Å². The molecule has 0 spiro atoms. The number of rotatable bonds is 8. The highest BCUT2D eigenvalue weighted by Gasteiger charge is 2.45. The minimum absolute atomic E-state index is 0.00134. The molecule has 1 aliphatic carbocycles. The fourth-order valence-electron chi connectivity index (χ4n) is 5.72. The van der Waals surface area contributed by atoms with E-state index in [1.807, 2.05) is 42.1 Å². The number of fused-ring (bicyclic) bond motifs is 1. The highest BCUT2D eigenvalue weighted by Crippen LogP contribution is 2.52. The highest BCUT2D eigenvalue weighted by molar-refractivity contribution is 5.83. The van der Waals surface area contributed by atoms with Crippen LogP contribution in [0.15, 0.2) is 48.9 Å². The number of aromatic nitrogens is 5. The van der Waals surface area contributed by atoms with Gasteiger partial charge >= 0.3 is 6.18 Å². The lowest BCUT2D eigenvalue weighted by atomic mass is 10.1. The molecule has 1 saturated heterocycles. The summed E-state index contributed by atoms with van der Waals surface area (Å²) in [5.74, 6) is 1.01. The monoisotopic (exact) mass is 580 g/mol. The van der Waals surface area contributed by atoms with E-state index in [2.05, 4.69) is 56.4 Å². The van der Waals surface area contributed by atoms with Gasteiger partial charge in [-0.05, 0) is 60.1 Å². The van der Waals surface area contributed by atoms with E-state index >= 15 is 0 Å². The number of carbonyl (C=O) groups is 1. The van der Waals surface area contributed by atoms with Crippen molar-refractivity contribution in [2.24, 2.45) is 11.3 Å². The van der Waals surface area contributed by atoms with Crippen LogP contribution in [0.2, 0.25) is 0 Å². The third-order valence-corrected chi connectivity index (χ3v) is 8.65. The van der Waals surface area contributed by atoms with Crippen molar-refractivity contribution in [3.63, 3.8) is 0 Å². The number of nitrogens with zero attached hydrogens (tertiary/aromatic N) is 6. The zero-order chi connectivity index (χ0) is 29.6. The number of amides is 1. The fraction of sp³-hybridized carbons (Fsp3) is 0.467. The predicted octanol–water partition coefficient (Wildman–Crippen LogP) is 5.77. The smallest absolute Gasteiger partial charge is 0.340 e. The molecule has 6 rings (SSSR count). The molecule has 1 saturated carbocycles. The first-order valence-corrected chi connectivity index (χ1v) is 14.3. The van der Waals surface area contributed by atoms with Crippen molar-refractivity contribution in [3.05, 3.63) is 54.5 Å². The maximum Gasteiger partial charge on any atom is 0.397 e. The van der Waals surface area contributed by atoms with E-state index in [0.717, 1.165) is 34.3 Å². The summed E-state index contributed by atoms with van der Waals surface area (Å²) in [6.07, 6.45) is 1.07. The minimum Gasteiger partial charge on any atom is -0.340 e. The van der Waals surface area contributed by atoms with Crippen molar-refractivity contribution in [1.29, 1.82) is 0 Å². The number of H-pyrrole nitrogens is 1. The van der Waals surface area contributed by atoms with Crippen molar-refractivity contribution in [1.82, 2.24) is 34.5 Å². The van der Waals surface area contributed by atoms with Crippen LogP contribution >= 0.6 is 0 Å². The first kappa shape index (κ1) is 28.2. The van der Waals surface area contributed by atoms with Gasteiger partial charge in [0.15, 0.2) is 0 Å². The van der Waals surface area contributed by atoms with Gasteiger partial charge in [-0.15, -0.1) is 0 Å². The maximum atomic E-state index is 12.6. The summed E-state index contributed by atoms with van der Waals surface area (Å²) < 4.78 is 39.9. The fourth-order valence-corrected chi connectivity index (χ4v) is 5.72. The number of piperazine rings is 1. The standard InChI is InChI=1S/C30H35F3N8O/c1-19(39-8-10-40(11-9-39)27(42)15-30(31,32)33)20-6-7-34-26(13-20)38-28-36-24-5-4-21(12-25(24)37-28)22-16-35-41(17-22)18-23-14-29(23,2)3/h4-7,12-13,16-17,19,23H,8-11,14-15,18H2,1-3H3,(H2,34,36,37,38). The number of benzene rings is 1. The summed E-state index contributed by atoms with van der Waals surface area (Å²) in [4.78, 5) is 27.9. The normalized spacial score (nSPS) is 19.7. The summed E-state index contributed by atoms with van der Waals surface area (Å²) in [6.45, 7) is 9.13. The third kappa shape index (κ3) is 6.28. The van der Waals surface area contributed by atoms with E-state index in [1.54, 1.807) is 6.20 Å². The molecule has 2 fully saturated rings. The van der Waals surface area contributed by atoms with E-state index in [4.69, 9.17) is 0 Å². The third-order valence-electron chi connectivity index (χ3n) is 8.65. The average Bonchev–Trinajstić information content (AvgIpc) is 3.27. The number of alkyl halides is 3. The van der Waals surface area contributed by atoms with E-state index in [1.165, 1.54) is 11.3 Å². The molecule has 222 valence electrons. The van der Waals surface area contributed by atoms with Crippen molar-refractivity contribution in [3.8, 4) is 11.1 Å². The lowest BCUT2D eigenvalue weighted by Gasteiger charge is -2.38. The molecule has 42 heavy (non-hydrogen) atoms. The van der Waals surface area contributed by atoms with Crippen LogP contribution < -0.4 is 5.32 Å². The van der Waals surface area contributed by atoms with Gasteiger partial charge < -0.3 is 15.2 Å². The van der Waals surface area contributed by atoms with Crippen molar-refractivity contribution >= 4 is 28.7 Å². The molecule has 4 aromatic rings. The van der Waals surface area contributed by atoms with Crippen LogP contribution in [0.25, 0.3) is 22.2 Å². The molecule has 2 N–H and O–H groups in total. The van der Waals surface area contributed by atoms with E-state index in [-0.39, 0.29) is 19.1 Å². The van der Waals surface area contributed by atoms with Gasteiger partial charge in [0, 0.05) is 56.7 Å². The van der Waals surface area contributed by atoms with Crippen LogP contribution in [0.4, 0.5) is 24.9 Å². The Balaban J connectivity index is 1.09. The number of halogens is 3. The molecule has 0 radical (unpaired) electrons. The van der Waals surface area contributed by atoms with E-state index < -0.39 is 18.5 Å². The van der Waals surface area contributed by atoms with Crippen LogP contribution in [-0.2, 0) is 11.3 Å². The Morgan fingerprint density at radius 2 is 1.90 bits per heavy atom. The van der Waals surface area contributed by atoms with Crippen molar-refractivity contribution in [2.45, 2.75) is 52.4 Å². The van der Waals surface area contributed by atoms with Crippen LogP contribution in [0, 0.1) is 11.3 Å². The number of carbonyl (C=O) groups excluding carboxylic acids is 1. The topological polar surface area (TPSA) is 95.0 Å². The largest absolute Gasteiger partial charge is 0.397 e. The first-order valence-electron chi connectivity index (χ1n) is 14.3. The van der Waals surface area contributed by atoms with Crippen molar-refractivity contribution < 1.29 is 18.0 Å². The second-order valence-electron chi connectivity index (χ2n) is 12.1. The van der Waals surface area contributed by atoms with Gasteiger partial charge in [0.2, 0.25) is 11.9 Å². The van der Waals surface area contributed by atoms with Gasteiger partial charge in [-0.3, -0.25) is 14.4 Å². The number of hydrogen-bond donors (Lipinski definition) is 2. The molecular weight excluding hydrogens is 545 g/mol. The number of hydrogen-bond acceptors (Lipinski definition) is 6. The quantitative estimate of drug-likeness (QED) is 0.275. The Morgan fingerprint density at radius 3 is 2.62 bits per heavy atom. The van der Waals surface area contributed by atoms with Gasteiger partial charge in [0.25, 0.3) is 0 Å². The lowest BCUT2D eigenvalue weighted by Crippen LogP contribution is -2.50. The molecule has 2 aliphatic rings. The molecule has 2 unspecified atom stereocenters. The molecule has 12 heteroatoms. The number of nitrogens with one attached hydrogen (secondary N) is 2. The number of anilines is 2. The zero-order valence-corrected chi connectivity index (χ0v) is 23.9. The highest BCUT2D eigenvalue weighted by atomic mass is 19.4. The van der Waals surface area contributed by atoms with E-state index in [9.17, 15) is 18.0 Å². The lowest BCUT2D eigenvalue weighted by molar-refractivity contribution is -0.162. The van der Waals surface area contributed by atoms with Crippen LogP contribution in [-0.4, -0.2) is 72.8 Å². The molecule has 1 aliphatic heterocycles. The van der Waals surface area contributed by atoms with Gasteiger partial charge in [0.1, 0.15) is 12.2 Å².